The number of benzene rings is 1. The maximum Gasteiger partial charge on any atom is 0.0499 e. The Morgan fingerprint density at radius 1 is 1.46 bits per heavy atom. The summed E-state index contributed by atoms with van der Waals surface area (Å²) in [5.41, 5.74) is 3.81. The Balaban J connectivity index is 3.12. The molecule has 0 fully saturated rings. The van der Waals surface area contributed by atoms with Gasteiger partial charge in [0.15, 0.2) is 0 Å². The molecule has 0 bridgehead atoms. The molecule has 0 saturated carbocycles. The largest absolute Gasteiger partial charge is 0.396 e. The van der Waals surface area contributed by atoms with Gasteiger partial charge < -0.3 is 5.11 Å². The van der Waals surface area contributed by atoms with E-state index in [1.54, 1.807) is 0 Å². The third-order valence-electron chi connectivity index (χ3n) is 2.46. The van der Waals surface area contributed by atoms with Gasteiger partial charge in [-0.25, -0.2) is 0 Å². The summed E-state index contributed by atoms with van der Waals surface area (Å²) in [5.74, 6) is 0.00912. The zero-order valence-corrected chi connectivity index (χ0v) is 8.38. The van der Waals surface area contributed by atoms with Gasteiger partial charge in [0.25, 0.3) is 0 Å². The fraction of sp³-hybridized carbons (Fsp3) is 0.417. The van der Waals surface area contributed by atoms with Crippen LogP contribution in [0.3, 0.4) is 0 Å². The van der Waals surface area contributed by atoms with E-state index in [0.717, 1.165) is 6.42 Å². The van der Waals surface area contributed by atoms with E-state index in [1.165, 1.54) is 16.7 Å². The van der Waals surface area contributed by atoms with E-state index in [-0.39, 0.29) is 12.5 Å². The highest BCUT2D eigenvalue weighted by atomic mass is 16.3. The van der Waals surface area contributed by atoms with Crippen LogP contribution < -0.4 is 0 Å². The van der Waals surface area contributed by atoms with Crippen LogP contribution in [0.5, 0.6) is 0 Å². The zero-order chi connectivity index (χ0) is 9.84. The van der Waals surface area contributed by atoms with Crippen molar-refractivity contribution in [2.24, 2.45) is 0 Å². The summed E-state index contributed by atoms with van der Waals surface area (Å²) in [4.78, 5) is 0. The first kappa shape index (κ1) is 10.3. The minimum absolute atomic E-state index is 0.00912. The quantitative estimate of drug-likeness (QED) is 0.752. The van der Waals surface area contributed by atoms with E-state index in [0.29, 0.717) is 0 Å². The van der Waals surface area contributed by atoms with Gasteiger partial charge in [-0.3, -0.25) is 0 Å². The third-order valence-corrected chi connectivity index (χ3v) is 2.46. The molecular weight excluding hydrogens is 160 g/mol. The number of hydrogen-bond donors (Lipinski definition) is 1. The predicted octanol–water partition coefficient (Wildman–Crippen LogP) is 2.47. The Labute approximate surface area is 80.4 Å². The van der Waals surface area contributed by atoms with Crippen molar-refractivity contribution in [2.45, 2.75) is 26.2 Å². The average molecular weight is 177 g/mol. The summed E-state index contributed by atoms with van der Waals surface area (Å²) in [6, 6.07) is 6.18. The molecule has 0 aliphatic carbocycles. The first-order valence-corrected chi connectivity index (χ1v) is 4.73. The summed E-state index contributed by atoms with van der Waals surface area (Å²) in [5, 5.41) is 9.04. The van der Waals surface area contributed by atoms with Crippen LogP contribution in [0.4, 0.5) is 0 Å². The lowest BCUT2D eigenvalue weighted by molar-refractivity contribution is 0.282. The van der Waals surface area contributed by atoms with Crippen molar-refractivity contribution in [3.05, 3.63) is 41.8 Å². The molecule has 1 nitrogen and oxygen atoms in total. The standard InChI is InChI=1S/C12H17O/c1-4-11-9(2)6-5-7-12(11)10(3)8-13/h5-7,10,13H,3-4,8H2,1-2H3. The number of aliphatic hydroxyl groups excluding tert-OH is 1. The molecule has 13 heavy (non-hydrogen) atoms. The fourth-order valence-electron chi connectivity index (χ4n) is 1.69. The van der Waals surface area contributed by atoms with Gasteiger partial charge in [-0.05, 0) is 37.0 Å². The Kier molecular flexibility index (Phi) is 3.49. The SMILES string of the molecule is [CH2]C(CO)c1cccc(C)c1CC. The Bertz CT molecular complexity index is 278. The van der Waals surface area contributed by atoms with Crippen molar-refractivity contribution in [1.82, 2.24) is 0 Å². The lowest BCUT2D eigenvalue weighted by Gasteiger charge is -2.15. The highest BCUT2D eigenvalue weighted by molar-refractivity contribution is 5.37. The maximum atomic E-state index is 9.04. The summed E-state index contributed by atoms with van der Waals surface area (Å²) in [6.45, 7) is 8.29. The molecule has 1 radical (unpaired) electrons. The second-order valence-electron chi connectivity index (χ2n) is 3.38. The third kappa shape index (κ3) is 2.10. The monoisotopic (exact) mass is 177 g/mol. The smallest absolute Gasteiger partial charge is 0.0499 e. The van der Waals surface area contributed by atoms with Gasteiger partial charge in [0.1, 0.15) is 0 Å². The van der Waals surface area contributed by atoms with Crippen LogP contribution in [-0.2, 0) is 6.42 Å². The molecule has 0 heterocycles. The molecule has 1 N–H and O–H groups in total. The Hall–Kier alpha value is -0.820. The lowest BCUT2D eigenvalue weighted by Crippen LogP contribution is -2.04. The van der Waals surface area contributed by atoms with Crippen LogP contribution in [0.2, 0.25) is 0 Å². The van der Waals surface area contributed by atoms with Crippen molar-refractivity contribution in [2.75, 3.05) is 6.61 Å². The molecule has 1 heteroatoms. The maximum absolute atomic E-state index is 9.04. The van der Waals surface area contributed by atoms with Crippen LogP contribution in [-0.4, -0.2) is 11.7 Å². The first-order valence-electron chi connectivity index (χ1n) is 4.73. The first-order chi connectivity index (χ1) is 6.20. The van der Waals surface area contributed by atoms with Crippen molar-refractivity contribution in [3.63, 3.8) is 0 Å². The van der Waals surface area contributed by atoms with E-state index in [2.05, 4.69) is 32.9 Å². The average Bonchev–Trinajstić information content (AvgIpc) is 2.16. The zero-order valence-electron chi connectivity index (χ0n) is 8.38. The summed E-state index contributed by atoms with van der Waals surface area (Å²) >= 11 is 0. The van der Waals surface area contributed by atoms with Gasteiger partial charge in [-0.15, -0.1) is 0 Å². The topological polar surface area (TPSA) is 20.2 Å². The molecule has 1 atom stereocenters. The molecule has 1 aromatic carbocycles. The molecule has 0 spiro atoms. The second kappa shape index (κ2) is 4.43. The van der Waals surface area contributed by atoms with Crippen LogP contribution in [0.25, 0.3) is 0 Å². The van der Waals surface area contributed by atoms with E-state index in [4.69, 9.17) is 5.11 Å². The minimum atomic E-state index is 0.00912. The van der Waals surface area contributed by atoms with Crippen LogP contribution in [0.1, 0.15) is 29.5 Å². The molecule has 0 saturated heterocycles. The molecule has 71 valence electrons. The molecule has 0 aliphatic rings. The highest BCUT2D eigenvalue weighted by Gasteiger charge is 2.09. The van der Waals surface area contributed by atoms with Crippen molar-refractivity contribution in [1.29, 1.82) is 0 Å². The molecule has 1 aromatic rings. The number of aryl methyl sites for hydroxylation is 1. The van der Waals surface area contributed by atoms with Crippen molar-refractivity contribution >= 4 is 0 Å². The van der Waals surface area contributed by atoms with Gasteiger partial charge in [-0.1, -0.05) is 25.1 Å². The lowest BCUT2D eigenvalue weighted by atomic mass is 9.92. The summed E-state index contributed by atoms with van der Waals surface area (Å²) in [6.07, 6.45) is 1.01. The van der Waals surface area contributed by atoms with Gasteiger partial charge in [0.2, 0.25) is 0 Å². The minimum Gasteiger partial charge on any atom is -0.396 e. The molecule has 0 aliphatic heterocycles. The summed E-state index contributed by atoms with van der Waals surface area (Å²) < 4.78 is 0. The number of aliphatic hydroxyl groups is 1. The van der Waals surface area contributed by atoms with Crippen LogP contribution in [0, 0.1) is 13.8 Å². The molecule has 1 rings (SSSR count). The molecule has 1 unspecified atom stereocenters. The number of rotatable bonds is 3. The van der Waals surface area contributed by atoms with E-state index in [1.807, 2.05) is 6.07 Å². The van der Waals surface area contributed by atoms with E-state index >= 15 is 0 Å². The molecule has 0 amide bonds. The molecular formula is C12H17O. The predicted molar refractivity (Wildman–Crippen MR) is 55.7 cm³/mol. The van der Waals surface area contributed by atoms with Crippen LogP contribution >= 0.6 is 0 Å². The van der Waals surface area contributed by atoms with Crippen LogP contribution in [0.15, 0.2) is 18.2 Å². The second-order valence-corrected chi connectivity index (χ2v) is 3.38. The van der Waals surface area contributed by atoms with Crippen molar-refractivity contribution in [3.8, 4) is 0 Å². The van der Waals surface area contributed by atoms with Gasteiger partial charge in [0.05, 0.1) is 0 Å². The van der Waals surface area contributed by atoms with Gasteiger partial charge in [-0.2, -0.15) is 0 Å². The van der Waals surface area contributed by atoms with Gasteiger partial charge >= 0.3 is 0 Å². The fourth-order valence-corrected chi connectivity index (χ4v) is 1.69. The number of hydrogen-bond acceptors (Lipinski definition) is 1. The van der Waals surface area contributed by atoms with E-state index < -0.39 is 0 Å². The highest BCUT2D eigenvalue weighted by Crippen LogP contribution is 2.22. The van der Waals surface area contributed by atoms with Gasteiger partial charge in [0, 0.05) is 12.5 Å². The van der Waals surface area contributed by atoms with Crippen molar-refractivity contribution < 1.29 is 5.11 Å². The summed E-state index contributed by atoms with van der Waals surface area (Å²) in [7, 11) is 0. The molecule has 0 aromatic heterocycles. The van der Waals surface area contributed by atoms with E-state index in [9.17, 15) is 0 Å². The normalized spacial score (nSPS) is 12.9. The Morgan fingerprint density at radius 2 is 2.15 bits per heavy atom. The Morgan fingerprint density at radius 3 is 2.69 bits per heavy atom.